The van der Waals surface area contributed by atoms with E-state index in [1.54, 1.807) is 45.3 Å². The van der Waals surface area contributed by atoms with Crippen LogP contribution >= 0.6 is 0 Å². The lowest BCUT2D eigenvalue weighted by molar-refractivity contribution is -0.113. The van der Waals surface area contributed by atoms with Gasteiger partial charge in [-0.05, 0) is 19.9 Å². The third kappa shape index (κ3) is 9.90. The van der Waals surface area contributed by atoms with E-state index in [0.717, 1.165) is 6.04 Å². The average Bonchev–Trinajstić information content (AvgIpc) is 2.63. The zero-order valence-corrected chi connectivity index (χ0v) is 19.8. The molecule has 8 heteroatoms. The van der Waals surface area contributed by atoms with Crippen molar-refractivity contribution >= 4 is 19.6 Å². The van der Waals surface area contributed by atoms with Crippen molar-refractivity contribution in [2.24, 2.45) is 10.5 Å². The lowest BCUT2D eigenvalue weighted by Gasteiger charge is -2.30. The summed E-state index contributed by atoms with van der Waals surface area (Å²) in [7, 11) is 0.572. The minimum absolute atomic E-state index is 0.153. The monoisotopic (exact) mass is 410 g/mol. The van der Waals surface area contributed by atoms with Gasteiger partial charge in [-0.15, -0.1) is 0 Å². The van der Waals surface area contributed by atoms with E-state index in [2.05, 4.69) is 36.1 Å². The number of rotatable bonds is 14. The fraction of sp³-hybridized carbons (Fsp3) is 0.750. The Morgan fingerprint density at radius 1 is 1.36 bits per heavy atom. The highest BCUT2D eigenvalue weighted by Crippen LogP contribution is 2.20. The van der Waals surface area contributed by atoms with Crippen LogP contribution in [-0.4, -0.2) is 51.2 Å². The summed E-state index contributed by atoms with van der Waals surface area (Å²) in [5.41, 5.74) is -0.770. The number of hydrazone groups is 1. The van der Waals surface area contributed by atoms with Gasteiger partial charge in [-0.2, -0.15) is 10.4 Å². The molecule has 7 nitrogen and oxygen atoms in total. The minimum Gasteiger partial charge on any atom is -0.475 e. The van der Waals surface area contributed by atoms with Crippen LogP contribution in [0.3, 0.4) is 0 Å². The molecular weight excluding hydrogens is 372 g/mol. The molecule has 0 aliphatic rings. The molecule has 1 N–H and O–H groups in total. The van der Waals surface area contributed by atoms with Crippen molar-refractivity contribution in [3.8, 4) is 6.07 Å². The molecule has 0 spiro atoms. The van der Waals surface area contributed by atoms with Crippen LogP contribution in [0.1, 0.15) is 40.5 Å². The summed E-state index contributed by atoms with van der Waals surface area (Å²) in [6.45, 7) is 14.8. The molecule has 0 fully saturated rings. The average molecular weight is 411 g/mol. The first-order valence-electron chi connectivity index (χ1n) is 9.88. The summed E-state index contributed by atoms with van der Waals surface area (Å²) in [6, 6.07) is 3.21. The molecule has 0 saturated heterocycles. The predicted molar refractivity (Wildman–Crippen MR) is 116 cm³/mol. The van der Waals surface area contributed by atoms with E-state index in [4.69, 9.17) is 9.47 Å². The van der Waals surface area contributed by atoms with E-state index in [0.29, 0.717) is 13.0 Å². The maximum atomic E-state index is 12.5. The molecule has 0 saturated carbocycles. The zero-order chi connectivity index (χ0) is 21.8. The maximum Gasteiger partial charge on any atom is 0.188 e. The molecule has 0 aromatic carbocycles. The standard InChI is InChI=1S/C20H38N4O3Si/c1-9-17(25)19(20(3,4)15-21)23-24(16-26-13-14-28(6,7)8)18(10-2)27-12-11-22-5/h11-12,18,22H,9-10,13-14,16H2,1-8H3/b12-11-,23-19+. The summed E-state index contributed by atoms with van der Waals surface area (Å²) >= 11 is 0. The SMILES string of the molecule is CCC(=O)/C(=N\N(COCC[Si](C)(C)C)C(CC)O/C=C\NC)C(C)(C)C#N. The lowest BCUT2D eigenvalue weighted by atomic mass is 9.86. The molecule has 0 aromatic rings. The molecule has 0 aliphatic heterocycles. The second-order valence-electron chi connectivity index (χ2n) is 8.34. The number of carbonyl (C=O) groups is 1. The molecular formula is C20H38N4O3Si. The van der Waals surface area contributed by atoms with Crippen LogP contribution < -0.4 is 5.32 Å². The zero-order valence-electron chi connectivity index (χ0n) is 18.8. The number of hydrogen-bond acceptors (Lipinski definition) is 7. The van der Waals surface area contributed by atoms with Gasteiger partial charge in [0.25, 0.3) is 0 Å². The third-order valence-electron chi connectivity index (χ3n) is 4.06. The molecule has 0 amide bonds. The van der Waals surface area contributed by atoms with Gasteiger partial charge in [-0.3, -0.25) is 4.79 Å². The number of nitrogens with zero attached hydrogens (tertiary/aromatic N) is 3. The van der Waals surface area contributed by atoms with Crippen molar-refractivity contribution < 1.29 is 14.3 Å². The van der Waals surface area contributed by atoms with Gasteiger partial charge >= 0.3 is 0 Å². The number of Topliss-reactive ketones (excluding diaryl/α,β-unsaturated/α-hetero) is 1. The molecule has 0 rings (SSSR count). The Kier molecular flexibility index (Phi) is 11.7. The quantitative estimate of drug-likeness (QED) is 0.117. The number of hydrogen-bond donors (Lipinski definition) is 1. The van der Waals surface area contributed by atoms with Crippen molar-refractivity contribution in [1.82, 2.24) is 10.3 Å². The van der Waals surface area contributed by atoms with Crippen molar-refractivity contribution in [3.63, 3.8) is 0 Å². The predicted octanol–water partition coefficient (Wildman–Crippen LogP) is 3.93. The van der Waals surface area contributed by atoms with E-state index in [1.807, 2.05) is 6.92 Å². The van der Waals surface area contributed by atoms with E-state index in [-0.39, 0.29) is 24.6 Å². The Balaban J connectivity index is 5.66. The van der Waals surface area contributed by atoms with Crippen LogP contribution in [0.4, 0.5) is 0 Å². The van der Waals surface area contributed by atoms with Crippen LogP contribution in [0, 0.1) is 16.7 Å². The number of ether oxygens (including phenoxy) is 2. The molecule has 28 heavy (non-hydrogen) atoms. The second kappa shape index (κ2) is 12.6. The first-order valence-corrected chi connectivity index (χ1v) is 13.6. The Morgan fingerprint density at radius 2 is 2.00 bits per heavy atom. The van der Waals surface area contributed by atoms with E-state index in [9.17, 15) is 10.1 Å². The first-order chi connectivity index (χ1) is 13.0. The summed E-state index contributed by atoms with van der Waals surface area (Å²) in [5, 5.41) is 18.6. The Morgan fingerprint density at radius 3 is 2.46 bits per heavy atom. The molecule has 0 aliphatic carbocycles. The van der Waals surface area contributed by atoms with Crippen molar-refractivity contribution in [1.29, 1.82) is 5.26 Å². The van der Waals surface area contributed by atoms with Gasteiger partial charge in [0.05, 0.1) is 11.5 Å². The molecule has 1 atom stereocenters. The van der Waals surface area contributed by atoms with Gasteiger partial charge in [0, 0.05) is 40.8 Å². The highest BCUT2D eigenvalue weighted by atomic mass is 28.3. The topological polar surface area (TPSA) is 87.0 Å². The smallest absolute Gasteiger partial charge is 0.188 e. The van der Waals surface area contributed by atoms with E-state index >= 15 is 0 Å². The molecule has 0 aromatic heterocycles. The van der Waals surface area contributed by atoms with Gasteiger partial charge in [0.15, 0.2) is 12.0 Å². The second-order valence-corrected chi connectivity index (χ2v) is 14.0. The third-order valence-corrected chi connectivity index (χ3v) is 5.76. The van der Waals surface area contributed by atoms with E-state index < -0.39 is 19.7 Å². The fourth-order valence-electron chi connectivity index (χ4n) is 2.17. The first kappa shape index (κ1) is 26.1. The highest BCUT2D eigenvalue weighted by Gasteiger charge is 2.32. The lowest BCUT2D eigenvalue weighted by Crippen LogP contribution is -2.39. The fourth-order valence-corrected chi connectivity index (χ4v) is 2.92. The summed E-state index contributed by atoms with van der Waals surface area (Å²) in [6.07, 6.45) is 3.73. The Hall–Kier alpha value is -1.85. The normalized spacial score (nSPS) is 13.9. The van der Waals surface area contributed by atoms with Crippen molar-refractivity contribution in [2.75, 3.05) is 20.4 Å². The van der Waals surface area contributed by atoms with Gasteiger partial charge in [0.1, 0.15) is 18.7 Å². The summed E-state index contributed by atoms with van der Waals surface area (Å²) < 4.78 is 11.6. The molecule has 160 valence electrons. The number of nitrogens with one attached hydrogen (secondary N) is 1. The van der Waals surface area contributed by atoms with E-state index in [1.165, 1.54) is 0 Å². The highest BCUT2D eigenvalue weighted by molar-refractivity contribution is 6.76. The number of ketones is 1. The number of carbonyl (C=O) groups excluding carboxylic acids is 1. The Labute approximate surface area is 171 Å². The van der Waals surface area contributed by atoms with Gasteiger partial charge in [0.2, 0.25) is 0 Å². The van der Waals surface area contributed by atoms with Gasteiger partial charge in [-0.1, -0.05) is 33.5 Å². The molecule has 0 radical (unpaired) electrons. The van der Waals surface area contributed by atoms with Crippen LogP contribution in [0.15, 0.2) is 17.6 Å². The van der Waals surface area contributed by atoms with Crippen LogP contribution in [-0.2, 0) is 14.3 Å². The van der Waals surface area contributed by atoms with Crippen LogP contribution in [0.25, 0.3) is 0 Å². The summed E-state index contributed by atoms with van der Waals surface area (Å²) in [4.78, 5) is 12.5. The Bertz CT molecular complexity index is 577. The minimum atomic E-state index is -1.21. The molecule has 0 bridgehead atoms. The summed E-state index contributed by atoms with van der Waals surface area (Å²) in [5.74, 6) is -0.153. The maximum absolute atomic E-state index is 12.5. The van der Waals surface area contributed by atoms with Gasteiger partial charge in [-0.25, -0.2) is 5.01 Å². The van der Waals surface area contributed by atoms with Crippen molar-refractivity contribution in [3.05, 3.63) is 12.5 Å². The van der Waals surface area contributed by atoms with Crippen molar-refractivity contribution in [2.45, 2.75) is 72.4 Å². The van der Waals surface area contributed by atoms with Crippen LogP contribution in [0.2, 0.25) is 25.7 Å². The largest absolute Gasteiger partial charge is 0.475 e. The molecule has 1 unspecified atom stereocenters. The van der Waals surface area contributed by atoms with Gasteiger partial charge < -0.3 is 14.8 Å². The molecule has 0 heterocycles. The number of nitriles is 1. The van der Waals surface area contributed by atoms with Crippen LogP contribution in [0.5, 0.6) is 0 Å².